The number of benzene rings is 1. The van der Waals surface area contributed by atoms with Crippen molar-refractivity contribution in [2.75, 3.05) is 0 Å². The van der Waals surface area contributed by atoms with Crippen LogP contribution in [-0.2, 0) is 0 Å². The number of halogens is 1. The highest BCUT2D eigenvalue weighted by Gasteiger charge is 2.10. The Bertz CT molecular complexity index is 737. The number of aromatic nitrogens is 2. The van der Waals surface area contributed by atoms with Crippen LogP contribution in [0.4, 0.5) is 4.39 Å². The lowest BCUT2D eigenvalue weighted by Gasteiger charge is -2.02. The molecule has 0 fully saturated rings. The molecule has 0 spiro atoms. The van der Waals surface area contributed by atoms with E-state index in [1.165, 1.54) is 6.07 Å². The molecular weight excluding hydrogens is 247 g/mol. The number of aliphatic hydroxyl groups is 2. The highest BCUT2D eigenvalue weighted by Crippen LogP contribution is 2.26. The molecule has 2 heterocycles. The second-order valence-electron chi connectivity index (χ2n) is 4.24. The first-order valence-electron chi connectivity index (χ1n) is 5.75. The maximum absolute atomic E-state index is 13.7. The Labute approximate surface area is 108 Å². The van der Waals surface area contributed by atoms with Crippen LogP contribution in [0.3, 0.4) is 0 Å². The topological polar surface area (TPSA) is 69.1 Å². The van der Waals surface area contributed by atoms with Gasteiger partial charge in [0.2, 0.25) is 0 Å². The second kappa shape index (κ2) is 4.46. The number of nitrogens with zero attached hydrogens (tertiary/aromatic N) is 1. The molecule has 0 radical (unpaired) electrons. The number of pyridine rings is 1. The van der Waals surface area contributed by atoms with Gasteiger partial charge in [-0.25, -0.2) is 9.37 Å². The number of rotatable bonds is 2. The van der Waals surface area contributed by atoms with Gasteiger partial charge in [-0.15, -0.1) is 0 Å². The van der Waals surface area contributed by atoms with Gasteiger partial charge in [0, 0.05) is 22.7 Å². The lowest BCUT2D eigenvalue weighted by Crippen LogP contribution is -1.93. The van der Waals surface area contributed by atoms with Gasteiger partial charge in [0.25, 0.3) is 0 Å². The van der Waals surface area contributed by atoms with E-state index in [-0.39, 0.29) is 11.5 Å². The lowest BCUT2D eigenvalue weighted by molar-refractivity contribution is -0.0453. The molecule has 0 saturated carbocycles. The smallest absolute Gasteiger partial charge is 0.193 e. The molecule has 3 N–H and O–H groups in total. The van der Waals surface area contributed by atoms with E-state index in [2.05, 4.69) is 9.97 Å². The molecule has 1 aromatic carbocycles. The van der Waals surface area contributed by atoms with Crippen molar-refractivity contribution in [2.45, 2.75) is 6.29 Å². The third-order valence-corrected chi connectivity index (χ3v) is 2.95. The fourth-order valence-electron chi connectivity index (χ4n) is 2.02. The zero-order valence-corrected chi connectivity index (χ0v) is 9.84. The molecule has 5 heteroatoms. The fraction of sp³-hybridized carbons (Fsp3) is 0.0714. The molecule has 96 valence electrons. The van der Waals surface area contributed by atoms with Gasteiger partial charge in [0.1, 0.15) is 11.5 Å². The van der Waals surface area contributed by atoms with Gasteiger partial charge in [-0.05, 0) is 18.2 Å². The molecule has 19 heavy (non-hydrogen) atoms. The van der Waals surface area contributed by atoms with Crippen molar-refractivity contribution >= 4 is 11.0 Å². The summed E-state index contributed by atoms with van der Waals surface area (Å²) < 4.78 is 13.7. The number of H-pyrrole nitrogens is 1. The first-order valence-corrected chi connectivity index (χ1v) is 5.75. The van der Waals surface area contributed by atoms with Gasteiger partial charge in [-0.3, -0.25) is 0 Å². The van der Waals surface area contributed by atoms with Crippen LogP contribution in [0.2, 0.25) is 0 Å². The highest BCUT2D eigenvalue weighted by molar-refractivity contribution is 5.82. The summed E-state index contributed by atoms with van der Waals surface area (Å²) in [4.78, 5) is 6.94. The van der Waals surface area contributed by atoms with Gasteiger partial charge < -0.3 is 15.2 Å². The van der Waals surface area contributed by atoms with E-state index in [0.29, 0.717) is 22.2 Å². The molecule has 3 rings (SSSR count). The maximum atomic E-state index is 13.7. The minimum absolute atomic E-state index is 0.258. The highest BCUT2D eigenvalue weighted by atomic mass is 19.1. The third-order valence-electron chi connectivity index (χ3n) is 2.95. The molecule has 0 atom stereocenters. The lowest BCUT2D eigenvalue weighted by atomic mass is 10.1. The molecule has 0 bridgehead atoms. The Hall–Kier alpha value is -2.24. The summed E-state index contributed by atoms with van der Waals surface area (Å²) in [6, 6.07) is 9.77. The SMILES string of the molecule is OC(O)c1cc2cc(-c3ccccc3F)cnc2[nH]1. The van der Waals surface area contributed by atoms with Crippen molar-refractivity contribution in [3.63, 3.8) is 0 Å². The van der Waals surface area contributed by atoms with Gasteiger partial charge >= 0.3 is 0 Å². The first kappa shape index (κ1) is 11.8. The molecule has 3 aromatic rings. The molecular formula is C14H11FN2O2. The molecule has 2 aromatic heterocycles. The zero-order chi connectivity index (χ0) is 13.4. The third kappa shape index (κ3) is 2.09. The Kier molecular flexibility index (Phi) is 2.77. The van der Waals surface area contributed by atoms with Crippen molar-refractivity contribution in [3.05, 3.63) is 54.1 Å². The van der Waals surface area contributed by atoms with E-state index in [9.17, 15) is 4.39 Å². The van der Waals surface area contributed by atoms with E-state index >= 15 is 0 Å². The number of hydrogen-bond donors (Lipinski definition) is 3. The van der Waals surface area contributed by atoms with Crippen LogP contribution in [0.1, 0.15) is 12.0 Å². The normalized spacial score (nSPS) is 11.4. The van der Waals surface area contributed by atoms with Crippen LogP contribution in [0.25, 0.3) is 22.2 Å². The van der Waals surface area contributed by atoms with Crippen molar-refractivity contribution in [1.82, 2.24) is 9.97 Å². The largest absolute Gasteiger partial charge is 0.363 e. The molecule has 0 amide bonds. The quantitative estimate of drug-likeness (QED) is 0.618. The molecule has 0 aliphatic rings. The first-order chi connectivity index (χ1) is 9.15. The van der Waals surface area contributed by atoms with Crippen LogP contribution in [0.5, 0.6) is 0 Å². The van der Waals surface area contributed by atoms with E-state index in [0.717, 1.165) is 0 Å². The summed E-state index contributed by atoms with van der Waals surface area (Å²) in [6.45, 7) is 0. The molecule has 0 unspecified atom stereocenters. The Balaban J connectivity index is 2.14. The Morgan fingerprint density at radius 3 is 2.68 bits per heavy atom. The fourth-order valence-corrected chi connectivity index (χ4v) is 2.02. The summed E-state index contributed by atoms with van der Waals surface area (Å²) in [6.07, 6.45) is -0.0313. The maximum Gasteiger partial charge on any atom is 0.193 e. The zero-order valence-electron chi connectivity index (χ0n) is 9.84. The van der Waals surface area contributed by atoms with Crippen LogP contribution in [-0.4, -0.2) is 20.2 Å². The van der Waals surface area contributed by atoms with Gasteiger partial charge in [0.05, 0.1) is 5.69 Å². The average Bonchev–Trinajstić information content (AvgIpc) is 2.82. The van der Waals surface area contributed by atoms with Crippen LogP contribution in [0.15, 0.2) is 42.6 Å². The van der Waals surface area contributed by atoms with Gasteiger partial charge in [0.15, 0.2) is 6.29 Å². The Morgan fingerprint density at radius 2 is 1.95 bits per heavy atom. The Morgan fingerprint density at radius 1 is 1.16 bits per heavy atom. The molecule has 0 aliphatic carbocycles. The van der Waals surface area contributed by atoms with Crippen molar-refractivity contribution < 1.29 is 14.6 Å². The van der Waals surface area contributed by atoms with Crippen molar-refractivity contribution in [3.8, 4) is 11.1 Å². The summed E-state index contributed by atoms with van der Waals surface area (Å²) in [5.74, 6) is -0.318. The van der Waals surface area contributed by atoms with Crippen molar-refractivity contribution in [1.29, 1.82) is 0 Å². The predicted octanol–water partition coefficient (Wildman–Crippen LogP) is 2.35. The number of nitrogens with one attached hydrogen (secondary N) is 1. The monoisotopic (exact) mass is 258 g/mol. The van der Waals surface area contributed by atoms with E-state index < -0.39 is 6.29 Å². The summed E-state index contributed by atoms with van der Waals surface area (Å²) >= 11 is 0. The standard InChI is InChI=1S/C14H11FN2O2/c15-11-4-2-1-3-10(11)9-5-8-6-12(14(18)19)17-13(8)16-7-9/h1-7,14,18-19H,(H,16,17). The summed E-state index contributed by atoms with van der Waals surface area (Å²) in [7, 11) is 0. The number of aromatic amines is 1. The molecule has 4 nitrogen and oxygen atoms in total. The van der Waals surface area contributed by atoms with Crippen LogP contribution in [0, 0.1) is 5.82 Å². The minimum Gasteiger partial charge on any atom is -0.363 e. The number of hydrogen-bond acceptors (Lipinski definition) is 3. The van der Waals surface area contributed by atoms with E-state index in [1.807, 2.05) is 0 Å². The van der Waals surface area contributed by atoms with Crippen molar-refractivity contribution in [2.24, 2.45) is 0 Å². The van der Waals surface area contributed by atoms with Gasteiger partial charge in [-0.1, -0.05) is 18.2 Å². The number of aliphatic hydroxyl groups excluding tert-OH is 1. The molecule has 0 aliphatic heterocycles. The van der Waals surface area contributed by atoms with Crippen LogP contribution >= 0.6 is 0 Å². The predicted molar refractivity (Wildman–Crippen MR) is 68.7 cm³/mol. The summed E-state index contributed by atoms with van der Waals surface area (Å²) in [5, 5.41) is 18.9. The van der Waals surface area contributed by atoms with Gasteiger partial charge in [-0.2, -0.15) is 0 Å². The minimum atomic E-state index is -1.58. The van der Waals surface area contributed by atoms with E-state index in [1.54, 1.807) is 36.5 Å². The second-order valence-corrected chi connectivity index (χ2v) is 4.24. The van der Waals surface area contributed by atoms with E-state index in [4.69, 9.17) is 10.2 Å². The molecule has 0 saturated heterocycles. The number of fused-ring (bicyclic) bond motifs is 1. The summed E-state index contributed by atoms with van der Waals surface area (Å²) in [5.41, 5.74) is 1.89. The average molecular weight is 258 g/mol. The van der Waals surface area contributed by atoms with Crippen LogP contribution < -0.4 is 0 Å².